The van der Waals surface area contributed by atoms with Crippen molar-refractivity contribution >= 4 is 5.91 Å². The average Bonchev–Trinajstić information content (AvgIpc) is 2.61. The number of hydrogen-bond acceptors (Lipinski definition) is 5. The molecule has 28 heavy (non-hydrogen) atoms. The van der Waals surface area contributed by atoms with Crippen molar-refractivity contribution in [3.05, 3.63) is 0 Å². The van der Waals surface area contributed by atoms with Crippen LogP contribution in [0.2, 0.25) is 0 Å². The zero-order valence-corrected chi connectivity index (χ0v) is 17.5. The van der Waals surface area contributed by atoms with Gasteiger partial charge in [0.1, 0.15) is 0 Å². The minimum atomic E-state index is -0.795. The fraction of sp³-hybridized carbons (Fsp3) is 0.955. The average molecular weight is 394 g/mol. The summed E-state index contributed by atoms with van der Waals surface area (Å²) in [6.45, 7) is 6.04. The summed E-state index contributed by atoms with van der Waals surface area (Å²) in [6.07, 6.45) is 9.84. The van der Waals surface area contributed by atoms with Crippen LogP contribution >= 0.6 is 0 Å². The van der Waals surface area contributed by atoms with Gasteiger partial charge in [-0.1, -0.05) is 0 Å². The van der Waals surface area contributed by atoms with Crippen LogP contribution in [-0.2, 0) is 24.3 Å². The summed E-state index contributed by atoms with van der Waals surface area (Å²) in [5, 5.41) is 3.06. The Balaban J connectivity index is 1.15. The molecule has 6 nitrogen and oxygen atoms in total. The van der Waals surface area contributed by atoms with Crippen LogP contribution in [0.25, 0.3) is 0 Å². The molecule has 5 aliphatic carbocycles. The highest BCUT2D eigenvalue weighted by Gasteiger charge is 2.64. The first-order valence-corrected chi connectivity index (χ1v) is 11.3. The zero-order chi connectivity index (χ0) is 19.6. The predicted molar refractivity (Wildman–Crippen MR) is 101 cm³/mol. The van der Waals surface area contributed by atoms with E-state index in [4.69, 9.17) is 19.6 Å². The Morgan fingerprint density at radius 2 is 1.43 bits per heavy atom. The van der Waals surface area contributed by atoms with Gasteiger partial charge in [0.05, 0.1) is 0 Å². The topological polar surface area (TPSA) is 66.0 Å². The summed E-state index contributed by atoms with van der Waals surface area (Å²) in [7, 11) is 0. The summed E-state index contributed by atoms with van der Waals surface area (Å²) < 4.78 is 0. The summed E-state index contributed by atoms with van der Waals surface area (Å²) in [5.41, 5.74) is -0.183. The minimum Gasteiger partial charge on any atom is -0.352 e. The first kappa shape index (κ1) is 19.3. The van der Waals surface area contributed by atoms with E-state index in [1.54, 1.807) is 0 Å². The SMILES string of the molecule is CC(C)(C)NC(=O)CC1CCC2(CC1)OOC1(OO2)C2CC3CC(C2)CC1C3. The van der Waals surface area contributed by atoms with Crippen LogP contribution in [0.15, 0.2) is 0 Å². The van der Waals surface area contributed by atoms with E-state index in [2.05, 4.69) is 5.32 Å². The molecule has 1 N–H and O–H groups in total. The molecule has 5 saturated carbocycles. The van der Waals surface area contributed by atoms with Crippen LogP contribution in [0.5, 0.6) is 0 Å². The van der Waals surface area contributed by atoms with Crippen molar-refractivity contribution in [1.82, 2.24) is 5.32 Å². The molecule has 0 aromatic heterocycles. The lowest BCUT2D eigenvalue weighted by atomic mass is 9.53. The maximum Gasteiger partial charge on any atom is 0.239 e. The molecule has 158 valence electrons. The summed E-state index contributed by atoms with van der Waals surface area (Å²) >= 11 is 0. The minimum absolute atomic E-state index is 0.124. The summed E-state index contributed by atoms with van der Waals surface area (Å²) in [4.78, 5) is 36.3. The number of carbonyl (C=O) groups is 1. The largest absolute Gasteiger partial charge is 0.352 e. The van der Waals surface area contributed by atoms with Crippen molar-refractivity contribution in [3.63, 3.8) is 0 Å². The van der Waals surface area contributed by atoms with Gasteiger partial charge < -0.3 is 5.32 Å². The Bertz CT molecular complexity index is 579. The Morgan fingerprint density at radius 1 is 0.893 bits per heavy atom. The lowest BCUT2D eigenvalue weighted by Gasteiger charge is -2.60. The predicted octanol–water partition coefficient (Wildman–Crippen LogP) is 4.24. The van der Waals surface area contributed by atoms with Crippen molar-refractivity contribution < 1.29 is 24.3 Å². The van der Waals surface area contributed by atoms with E-state index < -0.39 is 11.6 Å². The van der Waals surface area contributed by atoms with Gasteiger partial charge in [-0.2, -0.15) is 19.6 Å². The molecule has 0 unspecified atom stereocenters. The Hall–Kier alpha value is -0.690. The smallest absolute Gasteiger partial charge is 0.239 e. The maximum atomic E-state index is 12.2. The third kappa shape index (κ3) is 3.40. The Morgan fingerprint density at radius 3 is 1.93 bits per heavy atom. The van der Waals surface area contributed by atoms with E-state index in [1.807, 2.05) is 20.8 Å². The number of nitrogens with one attached hydrogen (secondary N) is 1. The molecule has 2 spiro atoms. The first-order valence-electron chi connectivity index (χ1n) is 11.3. The van der Waals surface area contributed by atoms with Crippen molar-refractivity contribution in [2.24, 2.45) is 29.6 Å². The molecule has 1 amide bonds. The fourth-order valence-electron chi connectivity index (χ4n) is 6.64. The molecule has 4 bridgehead atoms. The Kier molecular flexibility index (Phi) is 4.59. The summed E-state index contributed by atoms with van der Waals surface area (Å²) in [5.74, 6) is 1.49. The second kappa shape index (κ2) is 6.66. The molecule has 6 rings (SSSR count). The number of rotatable bonds is 2. The van der Waals surface area contributed by atoms with Crippen LogP contribution in [0.3, 0.4) is 0 Å². The van der Waals surface area contributed by atoms with Crippen molar-refractivity contribution in [1.29, 1.82) is 0 Å². The van der Waals surface area contributed by atoms with Gasteiger partial charge in [-0.05, 0) is 83.5 Å². The Labute approximate surface area is 167 Å². The monoisotopic (exact) mass is 393 g/mol. The summed E-state index contributed by atoms with van der Waals surface area (Å²) in [6, 6.07) is 0. The normalized spacial score (nSPS) is 47.6. The van der Waals surface area contributed by atoms with Gasteiger partial charge >= 0.3 is 0 Å². The fourth-order valence-corrected chi connectivity index (χ4v) is 6.64. The quantitative estimate of drug-likeness (QED) is 0.711. The number of hydrogen-bond donors (Lipinski definition) is 1. The van der Waals surface area contributed by atoms with Gasteiger partial charge in [0.2, 0.25) is 17.5 Å². The van der Waals surface area contributed by atoms with Crippen LogP contribution in [0, 0.1) is 29.6 Å². The molecule has 6 heteroatoms. The molecule has 1 aliphatic heterocycles. The standard InChI is InChI=1S/C22H35NO5/c1-20(2,3)23-19(24)13-14-4-6-21(7-5-14)25-27-22(28-26-21)17-9-15-8-16(11-17)12-18(22)10-15/h14-18H,4-13H2,1-3H3,(H,23,24). The van der Waals surface area contributed by atoms with Crippen LogP contribution in [0.4, 0.5) is 0 Å². The van der Waals surface area contributed by atoms with E-state index in [-0.39, 0.29) is 11.4 Å². The first-order chi connectivity index (χ1) is 13.3. The van der Waals surface area contributed by atoms with Gasteiger partial charge in [0.25, 0.3) is 0 Å². The molecule has 1 heterocycles. The second-order valence-corrected chi connectivity index (χ2v) is 11.2. The van der Waals surface area contributed by atoms with Crippen LogP contribution in [-0.4, -0.2) is 23.0 Å². The molecule has 1 saturated heterocycles. The highest BCUT2D eigenvalue weighted by atomic mass is 17.4. The highest BCUT2D eigenvalue weighted by Crippen LogP contribution is 2.61. The number of carbonyl (C=O) groups excluding carboxylic acids is 1. The highest BCUT2D eigenvalue weighted by molar-refractivity contribution is 5.76. The molecule has 6 fully saturated rings. The molecule has 0 radical (unpaired) electrons. The molecular formula is C22H35NO5. The number of amides is 1. The lowest BCUT2D eigenvalue weighted by molar-refractivity contribution is -0.680. The van der Waals surface area contributed by atoms with E-state index in [0.717, 1.165) is 24.7 Å². The van der Waals surface area contributed by atoms with Crippen molar-refractivity contribution in [2.75, 3.05) is 0 Å². The van der Waals surface area contributed by atoms with Gasteiger partial charge in [-0.3, -0.25) is 4.79 Å². The van der Waals surface area contributed by atoms with Gasteiger partial charge in [0, 0.05) is 36.6 Å². The van der Waals surface area contributed by atoms with Gasteiger partial charge in [-0.15, -0.1) is 0 Å². The molecule has 0 atom stereocenters. The van der Waals surface area contributed by atoms with Crippen LogP contribution < -0.4 is 5.32 Å². The van der Waals surface area contributed by atoms with Crippen molar-refractivity contribution in [2.45, 2.75) is 102 Å². The van der Waals surface area contributed by atoms with E-state index in [9.17, 15) is 4.79 Å². The molecular weight excluding hydrogens is 358 g/mol. The van der Waals surface area contributed by atoms with E-state index in [0.29, 0.717) is 37.0 Å². The zero-order valence-electron chi connectivity index (χ0n) is 17.5. The van der Waals surface area contributed by atoms with E-state index in [1.165, 1.54) is 32.1 Å². The molecule has 6 aliphatic rings. The molecule has 0 aromatic rings. The van der Waals surface area contributed by atoms with E-state index >= 15 is 0 Å². The van der Waals surface area contributed by atoms with Gasteiger partial charge in [-0.25, -0.2) is 0 Å². The molecule has 0 aromatic carbocycles. The van der Waals surface area contributed by atoms with Crippen molar-refractivity contribution in [3.8, 4) is 0 Å². The third-order valence-corrected chi connectivity index (χ3v) is 7.78. The van der Waals surface area contributed by atoms with Crippen LogP contribution in [0.1, 0.15) is 85.0 Å². The lowest BCUT2D eigenvalue weighted by Crippen LogP contribution is -2.64. The maximum absolute atomic E-state index is 12.2. The van der Waals surface area contributed by atoms with Gasteiger partial charge in [0.15, 0.2) is 0 Å². The third-order valence-electron chi connectivity index (χ3n) is 7.78. The second-order valence-electron chi connectivity index (χ2n) is 11.2.